The molecule has 8 heteroatoms. The molecule has 1 amide bonds. The van der Waals surface area contributed by atoms with E-state index in [1.54, 1.807) is 6.92 Å². The standard InChI is InChI=1S/C39H59BrN4O3/c1-25(2)16-32(23-42(7)8)43(22-30-14-9-10-15-35(30)40)20-28-12-11-13-29(17-28)21-44-37(33(24-47-44)27(4)45)38(46)41-36-19-31-18-34(26(36)3)39(31,5)6/h9-15,17,25-27,31-34,36-37,45H,16,18-24H2,1-8H3,(H,41,46)/t26-,27-,31+,32-,33-,34-,36-,37-/m0/s1. The normalized spacial score (nSPS) is 28.4. The topological polar surface area (TPSA) is 68.3 Å². The van der Waals surface area contributed by atoms with Crippen LogP contribution in [0.1, 0.15) is 77.5 Å². The largest absolute Gasteiger partial charge is 0.393 e. The van der Waals surface area contributed by atoms with Gasteiger partial charge in [0.15, 0.2) is 0 Å². The van der Waals surface area contributed by atoms with Gasteiger partial charge in [-0.05, 0) is 92.1 Å². The van der Waals surface area contributed by atoms with Crippen molar-refractivity contribution in [2.75, 3.05) is 27.2 Å². The first-order valence-corrected chi connectivity index (χ1v) is 18.6. The molecule has 1 heterocycles. The average Bonchev–Trinajstić information content (AvgIpc) is 3.42. The molecule has 2 aromatic rings. The zero-order chi connectivity index (χ0) is 34.0. The van der Waals surface area contributed by atoms with Crippen LogP contribution in [0.15, 0.2) is 53.0 Å². The zero-order valence-corrected chi connectivity index (χ0v) is 31.5. The van der Waals surface area contributed by atoms with Crippen molar-refractivity contribution in [2.45, 2.75) is 105 Å². The highest BCUT2D eigenvalue weighted by molar-refractivity contribution is 9.10. The van der Waals surface area contributed by atoms with Crippen molar-refractivity contribution in [3.8, 4) is 0 Å². The van der Waals surface area contributed by atoms with Crippen LogP contribution in [0.5, 0.6) is 0 Å². The number of nitrogens with zero attached hydrogens (tertiary/aromatic N) is 3. The van der Waals surface area contributed by atoms with Gasteiger partial charge in [-0.15, -0.1) is 0 Å². The van der Waals surface area contributed by atoms with Crippen molar-refractivity contribution in [1.82, 2.24) is 20.2 Å². The number of hydrogen-bond donors (Lipinski definition) is 2. The molecule has 0 unspecified atom stereocenters. The van der Waals surface area contributed by atoms with Crippen molar-refractivity contribution in [3.63, 3.8) is 0 Å². The molecular formula is C39H59BrN4O3. The quantitative estimate of drug-likeness (QED) is 0.227. The van der Waals surface area contributed by atoms with Gasteiger partial charge in [-0.1, -0.05) is 93.0 Å². The number of rotatable bonds is 14. The molecule has 47 heavy (non-hydrogen) atoms. The van der Waals surface area contributed by atoms with E-state index in [0.717, 1.165) is 42.5 Å². The van der Waals surface area contributed by atoms with Crippen molar-refractivity contribution in [3.05, 3.63) is 69.7 Å². The number of carbonyl (C=O) groups is 1. The Morgan fingerprint density at radius 1 is 1.09 bits per heavy atom. The van der Waals surface area contributed by atoms with Crippen molar-refractivity contribution in [2.24, 2.45) is 35.0 Å². The molecule has 6 rings (SSSR count). The Morgan fingerprint density at radius 2 is 1.81 bits per heavy atom. The van der Waals surface area contributed by atoms with Gasteiger partial charge >= 0.3 is 0 Å². The predicted molar refractivity (Wildman–Crippen MR) is 193 cm³/mol. The molecule has 8 atom stereocenters. The van der Waals surface area contributed by atoms with Crippen LogP contribution in [0.3, 0.4) is 0 Å². The molecule has 1 aliphatic heterocycles. The van der Waals surface area contributed by atoms with Gasteiger partial charge in [0.25, 0.3) is 0 Å². The lowest BCUT2D eigenvalue weighted by atomic mass is 9.45. The highest BCUT2D eigenvalue weighted by atomic mass is 79.9. The van der Waals surface area contributed by atoms with Gasteiger partial charge in [0.05, 0.1) is 19.3 Å². The third-order valence-corrected chi connectivity index (χ3v) is 12.4. The Balaban J connectivity index is 1.32. The van der Waals surface area contributed by atoms with Gasteiger partial charge < -0.3 is 15.3 Å². The lowest BCUT2D eigenvalue weighted by Crippen LogP contribution is -2.62. The van der Waals surface area contributed by atoms with Gasteiger partial charge in [0.1, 0.15) is 6.04 Å². The number of likely N-dealkylation sites (N-methyl/N-ethyl adjacent to an activating group) is 1. The van der Waals surface area contributed by atoms with E-state index in [-0.39, 0.29) is 17.9 Å². The zero-order valence-electron chi connectivity index (χ0n) is 30.0. The SMILES string of the molecule is CC(C)C[C@@H](CN(C)C)N(Cc1cccc(CN2OC[C@@H]([C@H](C)O)[C@H]2C(=O)N[C@H]2C[C@H]3C[C@@H]([C@@H]2C)C3(C)C)c1)Cc1ccccc1Br. The molecule has 0 spiro atoms. The maximum absolute atomic E-state index is 14.0. The summed E-state index contributed by atoms with van der Waals surface area (Å²) in [5, 5.41) is 16.0. The van der Waals surface area contributed by atoms with E-state index in [0.29, 0.717) is 48.3 Å². The first-order chi connectivity index (χ1) is 22.2. The second kappa shape index (κ2) is 15.4. The van der Waals surface area contributed by atoms with Crippen LogP contribution in [0.2, 0.25) is 0 Å². The molecule has 2 N–H and O–H groups in total. The summed E-state index contributed by atoms with van der Waals surface area (Å²) in [6, 6.07) is 17.3. The maximum Gasteiger partial charge on any atom is 0.240 e. The number of fused-ring (bicyclic) bond motifs is 2. The monoisotopic (exact) mass is 710 g/mol. The summed E-state index contributed by atoms with van der Waals surface area (Å²) in [5.74, 6) is 2.06. The number of aliphatic hydroxyl groups excluding tert-OH is 1. The molecule has 4 aliphatic rings. The number of halogens is 1. The highest BCUT2D eigenvalue weighted by Gasteiger charge is 2.57. The lowest BCUT2D eigenvalue weighted by Gasteiger charge is -2.62. The summed E-state index contributed by atoms with van der Waals surface area (Å²) in [6.45, 7) is 17.0. The average molecular weight is 712 g/mol. The predicted octanol–water partition coefficient (Wildman–Crippen LogP) is 6.73. The van der Waals surface area contributed by atoms with E-state index in [1.165, 1.54) is 17.5 Å². The third-order valence-electron chi connectivity index (χ3n) is 11.6. The summed E-state index contributed by atoms with van der Waals surface area (Å²) in [4.78, 5) is 25.0. The van der Waals surface area contributed by atoms with E-state index in [2.05, 4.69) is 128 Å². The lowest BCUT2D eigenvalue weighted by molar-refractivity contribution is -0.161. The minimum atomic E-state index is -0.640. The highest BCUT2D eigenvalue weighted by Crippen LogP contribution is 2.61. The van der Waals surface area contributed by atoms with Crippen molar-refractivity contribution >= 4 is 21.8 Å². The van der Waals surface area contributed by atoms with Gasteiger partial charge in [0, 0.05) is 42.1 Å². The van der Waals surface area contributed by atoms with Crippen LogP contribution in [0, 0.1) is 35.0 Å². The fraction of sp³-hybridized carbons (Fsp3) is 0.667. The number of nitrogens with one attached hydrogen (secondary N) is 1. The van der Waals surface area contributed by atoms with E-state index >= 15 is 0 Å². The first-order valence-electron chi connectivity index (χ1n) is 17.8. The van der Waals surface area contributed by atoms with Crippen molar-refractivity contribution in [1.29, 1.82) is 0 Å². The molecule has 4 fully saturated rings. The van der Waals surface area contributed by atoms with E-state index in [1.807, 2.05) is 5.06 Å². The Morgan fingerprint density at radius 3 is 2.45 bits per heavy atom. The number of carbonyl (C=O) groups excluding carboxylic acids is 1. The number of benzene rings is 2. The molecule has 3 saturated carbocycles. The molecule has 260 valence electrons. The van der Waals surface area contributed by atoms with Gasteiger partial charge in [-0.2, -0.15) is 5.06 Å². The first kappa shape index (κ1) is 36.5. The maximum atomic E-state index is 14.0. The Labute approximate surface area is 292 Å². The summed E-state index contributed by atoms with van der Waals surface area (Å²) in [7, 11) is 4.32. The van der Waals surface area contributed by atoms with E-state index in [4.69, 9.17) is 4.84 Å². The van der Waals surface area contributed by atoms with Crippen LogP contribution in [0.4, 0.5) is 0 Å². The summed E-state index contributed by atoms with van der Waals surface area (Å²) in [5.41, 5.74) is 4.00. The smallest absolute Gasteiger partial charge is 0.240 e. The minimum Gasteiger partial charge on any atom is -0.393 e. The number of amides is 1. The van der Waals surface area contributed by atoms with Crippen molar-refractivity contribution < 1.29 is 14.7 Å². The second-order valence-electron chi connectivity index (χ2n) is 16.2. The molecule has 7 nitrogen and oxygen atoms in total. The Hall–Kier alpha value is -1.81. The summed E-state index contributed by atoms with van der Waals surface area (Å²) in [6.07, 6.45) is 2.78. The van der Waals surface area contributed by atoms with Crippen LogP contribution in [-0.4, -0.2) is 77.4 Å². The number of aliphatic hydroxyl groups is 1. The van der Waals surface area contributed by atoms with Crippen LogP contribution >= 0.6 is 15.9 Å². The number of hydrogen-bond acceptors (Lipinski definition) is 6. The molecule has 3 aliphatic carbocycles. The molecular weight excluding hydrogens is 652 g/mol. The summed E-state index contributed by atoms with van der Waals surface area (Å²) < 4.78 is 1.14. The molecule has 1 saturated heterocycles. The van der Waals surface area contributed by atoms with Gasteiger partial charge in [-0.3, -0.25) is 14.5 Å². The minimum absolute atomic E-state index is 0.0136. The second-order valence-corrected chi connectivity index (χ2v) is 17.0. The Kier molecular flexibility index (Phi) is 11.9. The molecule has 0 radical (unpaired) electrons. The fourth-order valence-electron chi connectivity index (χ4n) is 8.75. The van der Waals surface area contributed by atoms with E-state index < -0.39 is 12.1 Å². The van der Waals surface area contributed by atoms with Gasteiger partial charge in [0.2, 0.25) is 5.91 Å². The van der Waals surface area contributed by atoms with Crippen LogP contribution in [0.25, 0.3) is 0 Å². The van der Waals surface area contributed by atoms with Gasteiger partial charge in [-0.25, -0.2) is 0 Å². The molecule has 2 bridgehead atoms. The third kappa shape index (κ3) is 8.50. The Bertz CT molecular complexity index is 1340. The molecule has 2 aromatic carbocycles. The number of hydroxylamine groups is 2. The molecule has 0 aromatic heterocycles. The van der Waals surface area contributed by atoms with E-state index in [9.17, 15) is 9.90 Å². The van der Waals surface area contributed by atoms with Crippen LogP contribution in [-0.2, 0) is 29.3 Å². The fourth-order valence-corrected chi connectivity index (χ4v) is 9.16. The summed E-state index contributed by atoms with van der Waals surface area (Å²) >= 11 is 3.79. The van der Waals surface area contributed by atoms with Crippen LogP contribution < -0.4 is 5.32 Å².